The van der Waals surface area contributed by atoms with Crippen molar-refractivity contribution in [2.24, 2.45) is 0 Å². The maximum Gasteiger partial charge on any atom is 0.238 e. The van der Waals surface area contributed by atoms with Gasteiger partial charge in [0, 0.05) is 16.6 Å². The Morgan fingerprint density at radius 3 is 2.52 bits per heavy atom. The summed E-state index contributed by atoms with van der Waals surface area (Å²) in [5, 5.41) is 7.21. The summed E-state index contributed by atoms with van der Waals surface area (Å²) in [7, 11) is 0. The second kappa shape index (κ2) is 9.24. The van der Waals surface area contributed by atoms with Gasteiger partial charge in [0.2, 0.25) is 11.8 Å². The molecule has 2 N–H and O–H groups in total. The molecule has 0 atom stereocenters. The number of nitrogens with one attached hydrogen (secondary N) is 2. The molecule has 8 heteroatoms. The summed E-state index contributed by atoms with van der Waals surface area (Å²) in [5.74, 6) is -2.59. The molecule has 0 spiro atoms. The molecule has 0 aliphatic carbocycles. The van der Waals surface area contributed by atoms with E-state index < -0.39 is 17.5 Å². The molecule has 1 aromatic heterocycles. The van der Waals surface area contributed by atoms with Crippen molar-refractivity contribution in [1.82, 2.24) is 10.2 Å². The van der Waals surface area contributed by atoms with Gasteiger partial charge in [-0.2, -0.15) is 0 Å². The van der Waals surface area contributed by atoms with Crippen LogP contribution < -0.4 is 10.6 Å². The van der Waals surface area contributed by atoms with Crippen LogP contribution in [0.3, 0.4) is 0 Å². The van der Waals surface area contributed by atoms with E-state index in [0.29, 0.717) is 13.1 Å². The topological polar surface area (TPSA) is 61.4 Å². The van der Waals surface area contributed by atoms with Crippen LogP contribution in [-0.2, 0) is 16.1 Å². The lowest BCUT2D eigenvalue weighted by molar-refractivity contribution is -0.123. The van der Waals surface area contributed by atoms with Crippen molar-refractivity contribution in [3.8, 4) is 0 Å². The molecule has 1 heterocycles. The van der Waals surface area contributed by atoms with Gasteiger partial charge >= 0.3 is 0 Å². The van der Waals surface area contributed by atoms with E-state index in [4.69, 9.17) is 0 Å². The van der Waals surface area contributed by atoms with Crippen molar-refractivity contribution in [2.45, 2.75) is 13.5 Å². The number of carbonyl (C=O) groups excluding carboxylic acids is 2. The summed E-state index contributed by atoms with van der Waals surface area (Å²) in [6.07, 6.45) is 0. The number of halogens is 2. The first kappa shape index (κ1) is 19.0. The van der Waals surface area contributed by atoms with Gasteiger partial charge in [-0.15, -0.1) is 11.3 Å². The van der Waals surface area contributed by atoms with Crippen molar-refractivity contribution in [3.05, 3.63) is 52.2 Å². The Hall–Kier alpha value is -2.32. The zero-order valence-corrected chi connectivity index (χ0v) is 14.5. The minimum atomic E-state index is -1.03. The second-order valence-electron chi connectivity index (χ2n) is 5.34. The summed E-state index contributed by atoms with van der Waals surface area (Å²) in [6, 6.07) is 6.98. The molecule has 2 rings (SSSR count). The van der Waals surface area contributed by atoms with Crippen molar-refractivity contribution >= 4 is 28.8 Å². The van der Waals surface area contributed by atoms with Gasteiger partial charge in [0.15, 0.2) is 11.6 Å². The van der Waals surface area contributed by atoms with Gasteiger partial charge in [-0.25, -0.2) is 8.78 Å². The van der Waals surface area contributed by atoms with Crippen molar-refractivity contribution in [2.75, 3.05) is 25.0 Å². The number of hydrogen-bond donors (Lipinski definition) is 2. The first-order valence-electron chi connectivity index (χ1n) is 7.74. The molecule has 0 radical (unpaired) electrons. The highest BCUT2D eigenvalue weighted by Crippen LogP contribution is 2.13. The fraction of sp³-hybridized carbons (Fsp3) is 0.294. The zero-order chi connectivity index (χ0) is 18.2. The fourth-order valence-corrected chi connectivity index (χ4v) is 2.76. The van der Waals surface area contributed by atoms with Gasteiger partial charge in [-0.1, -0.05) is 13.0 Å². The van der Waals surface area contributed by atoms with Crippen LogP contribution >= 0.6 is 11.3 Å². The molecule has 1 aromatic carbocycles. The van der Waals surface area contributed by atoms with Crippen molar-refractivity contribution in [1.29, 1.82) is 0 Å². The molecule has 0 saturated carbocycles. The van der Waals surface area contributed by atoms with Crippen LogP contribution in [0.2, 0.25) is 0 Å². The highest BCUT2D eigenvalue weighted by molar-refractivity contribution is 7.09. The van der Waals surface area contributed by atoms with E-state index in [0.717, 1.165) is 17.0 Å². The molecule has 134 valence electrons. The summed E-state index contributed by atoms with van der Waals surface area (Å²) in [5.41, 5.74) is 0.169. The lowest BCUT2D eigenvalue weighted by atomic mass is 10.3. The Kier molecular flexibility index (Phi) is 7.03. The molecule has 0 saturated heterocycles. The molecular weight excluding hydrogens is 348 g/mol. The third-order valence-corrected chi connectivity index (χ3v) is 4.30. The van der Waals surface area contributed by atoms with Gasteiger partial charge < -0.3 is 10.6 Å². The molecule has 25 heavy (non-hydrogen) atoms. The average Bonchev–Trinajstić information content (AvgIpc) is 3.09. The Balaban J connectivity index is 1.80. The van der Waals surface area contributed by atoms with Crippen LogP contribution in [0.15, 0.2) is 35.7 Å². The molecule has 2 amide bonds. The summed E-state index contributed by atoms with van der Waals surface area (Å²) >= 11 is 1.55. The first-order valence-corrected chi connectivity index (χ1v) is 8.62. The Bertz CT molecular complexity index is 723. The second-order valence-corrected chi connectivity index (χ2v) is 6.37. The normalized spacial score (nSPS) is 10.7. The van der Waals surface area contributed by atoms with Crippen LogP contribution in [0.1, 0.15) is 11.8 Å². The lowest BCUT2D eigenvalue weighted by Crippen LogP contribution is -2.40. The minimum Gasteiger partial charge on any atom is -0.350 e. The van der Waals surface area contributed by atoms with E-state index in [1.165, 1.54) is 6.07 Å². The number of carbonyl (C=O) groups is 2. The van der Waals surface area contributed by atoms with E-state index in [1.807, 2.05) is 24.4 Å². The van der Waals surface area contributed by atoms with Crippen LogP contribution in [0.25, 0.3) is 0 Å². The van der Waals surface area contributed by atoms with E-state index >= 15 is 0 Å². The predicted octanol–water partition coefficient (Wildman–Crippen LogP) is 2.60. The summed E-state index contributed by atoms with van der Waals surface area (Å²) < 4.78 is 26.0. The molecular formula is C17H19F2N3O2S. The number of benzene rings is 1. The summed E-state index contributed by atoms with van der Waals surface area (Å²) in [6.45, 7) is 2.83. The Labute approximate surface area is 148 Å². The molecule has 0 aliphatic heterocycles. The molecule has 2 aromatic rings. The van der Waals surface area contributed by atoms with Gasteiger partial charge in [0.1, 0.15) is 0 Å². The standard InChI is InChI=1S/C17H19F2N3O2S/c1-2-22(10-16(23)20-9-13-4-3-7-25-13)11-17(24)21-12-5-6-14(18)15(19)8-12/h3-8H,2,9-11H2,1H3,(H,20,23)(H,21,24). The largest absolute Gasteiger partial charge is 0.350 e. The van der Waals surface area contributed by atoms with Crippen LogP contribution in [-0.4, -0.2) is 36.3 Å². The number of rotatable bonds is 8. The van der Waals surface area contributed by atoms with Crippen LogP contribution in [0.4, 0.5) is 14.5 Å². The third-order valence-electron chi connectivity index (χ3n) is 3.42. The van der Waals surface area contributed by atoms with Gasteiger partial charge in [0.25, 0.3) is 0 Å². The highest BCUT2D eigenvalue weighted by atomic mass is 32.1. The van der Waals surface area contributed by atoms with E-state index in [2.05, 4.69) is 10.6 Å². The number of likely N-dealkylation sites (N-methyl/N-ethyl adjacent to an activating group) is 1. The maximum atomic E-state index is 13.1. The van der Waals surface area contributed by atoms with Gasteiger partial charge in [0.05, 0.1) is 19.6 Å². The molecule has 0 bridgehead atoms. The molecule has 5 nitrogen and oxygen atoms in total. The van der Waals surface area contributed by atoms with Gasteiger partial charge in [-0.05, 0) is 30.1 Å². The Morgan fingerprint density at radius 1 is 1.12 bits per heavy atom. The van der Waals surface area contributed by atoms with E-state index in [9.17, 15) is 18.4 Å². The average molecular weight is 367 g/mol. The van der Waals surface area contributed by atoms with Crippen LogP contribution in [0, 0.1) is 11.6 Å². The van der Waals surface area contributed by atoms with E-state index in [1.54, 1.807) is 16.2 Å². The van der Waals surface area contributed by atoms with Gasteiger partial charge in [-0.3, -0.25) is 14.5 Å². The number of thiophene rings is 1. The monoisotopic (exact) mass is 367 g/mol. The number of amides is 2. The van der Waals surface area contributed by atoms with E-state index in [-0.39, 0.29) is 24.7 Å². The maximum absolute atomic E-state index is 13.1. The SMILES string of the molecule is CCN(CC(=O)NCc1cccs1)CC(=O)Nc1ccc(F)c(F)c1. The van der Waals surface area contributed by atoms with Crippen molar-refractivity contribution in [3.63, 3.8) is 0 Å². The van der Waals surface area contributed by atoms with Crippen LogP contribution in [0.5, 0.6) is 0 Å². The number of anilines is 1. The third kappa shape index (κ3) is 6.24. The predicted molar refractivity (Wildman–Crippen MR) is 93.3 cm³/mol. The Morgan fingerprint density at radius 2 is 1.88 bits per heavy atom. The molecule has 0 unspecified atom stereocenters. The van der Waals surface area contributed by atoms with Crippen molar-refractivity contribution < 1.29 is 18.4 Å². The number of nitrogens with zero attached hydrogens (tertiary/aromatic N) is 1. The number of hydrogen-bond acceptors (Lipinski definition) is 4. The molecule has 0 fully saturated rings. The zero-order valence-electron chi connectivity index (χ0n) is 13.7. The first-order chi connectivity index (χ1) is 12.0. The summed E-state index contributed by atoms with van der Waals surface area (Å²) in [4.78, 5) is 26.7. The quantitative estimate of drug-likeness (QED) is 0.754. The molecule has 0 aliphatic rings. The smallest absolute Gasteiger partial charge is 0.238 e. The highest BCUT2D eigenvalue weighted by Gasteiger charge is 2.14. The fourth-order valence-electron chi connectivity index (χ4n) is 2.11. The minimum absolute atomic E-state index is 0.0259. The lowest BCUT2D eigenvalue weighted by Gasteiger charge is -2.19.